The number of benzene rings is 1. The van der Waals surface area contributed by atoms with Crippen molar-refractivity contribution in [1.29, 1.82) is 0 Å². The van der Waals surface area contributed by atoms with Crippen LogP contribution in [0, 0.1) is 11.7 Å². The number of fused-ring (bicyclic) bond motifs is 1. The molecule has 0 radical (unpaired) electrons. The Morgan fingerprint density at radius 3 is 2.79 bits per heavy atom. The number of aromatic amines is 1. The Labute approximate surface area is 82.9 Å². The molecular formula is C12H14FN. The monoisotopic (exact) mass is 191 g/mol. The predicted octanol–water partition coefficient (Wildman–Crippen LogP) is 3.51. The largest absolute Gasteiger partial charge is 0.358 e. The van der Waals surface area contributed by atoms with Gasteiger partial charge in [-0.3, -0.25) is 0 Å². The molecule has 0 amide bonds. The lowest BCUT2D eigenvalue weighted by Gasteiger charge is -1.99. The molecule has 1 heterocycles. The second kappa shape index (κ2) is 3.45. The van der Waals surface area contributed by atoms with E-state index in [0.29, 0.717) is 5.92 Å². The fourth-order valence-corrected chi connectivity index (χ4v) is 1.71. The minimum Gasteiger partial charge on any atom is -0.358 e. The molecule has 0 unspecified atom stereocenters. The summed E-state index contributed by atoms with van der Waals surface area (Å²) < 4.78 is 12.9. The summed E-state index contributed by atoms with van der Waals surface area (Å²) in [5, 5.41) is 1.09. The zero-order valence-electron chi connectivity index (χ0n) is 8.47. The number of rotatable bonds is 2. The van der Waals surface area contributed by atoms with Crippen molar-refractivity contribution in [2.75, 3.05) is 0 Å². The molecule has 0 atom stereocenters. The molecule has 1 aromatic carbocycles. The van der Waals surface area contributed by atoms with Crippen LogP contribution in [0.15, 0.2) is 24.3 Å². The van der Waals surface area contributed by atoms with Crippen molar-refractivity contribution in [3.63, 3.8) is 0 Å². The number of H-pyrrole nitrogens is 1. The third kappa shape index (κ3) is 1.79. The van der Waals surface area contributed by atoms with Crippen LogP contribution in [0.25, 0.3) is 10.9 Å². The van der Waals surface area contributed by atoms with Gasteiger partial charge < -0.3 is 4.98 Å². The third-order valence-electron chi connectivity index (χ3n) is 2.27. The first-order valence-electron chi connectivity index (χ1n) is 4.92. The van der Waals surface area contributed by atoms with Gasteiger partial charge in [0.15, 0.2) is 0 Å². The number of halogens is 1. The van der Waals surface area contributed by atoms with Crippen molar-refractivity contribution in [3.8, 4) is 0 Å². The molecule has 0 spiro atoms. The Morgan fingerprint density at radius 2 is 2.07 bits per heavy atom. The van der Waals surface area contributed by atoms with E-state index in [-0.39, 0.29) is 5.82 Å². The van der Waals surface area contributed by atoms with E-state index in [1.807, 2.05) is 6.07 Å². The maximum Gasteiger partial charge on any atom is 0.125 e. The van der Waals surface area contributed by atoms with Crippen molar-refractivity contribution in [2.24, 2.45) is 5.92 Å². The normalized spacial score (nSPS) is 11.4. The van der Waals surface area contributed by atoms with Gasteiger partial charge in [0.2, 0.25) is 0 Å². The van der Waals surface area contributed by atoms with Crippen molar-refractivity contribution in [3.05, 3.63) is 35.8 Å². The minimum atomic E-state index is -0.185. The highest BCUT2D eigenvalue weighted by Gasteiger charge is 2.03. The molecule has 0 aliphatic heterocycles. The molecule has 0 aliphatic carbocycles. The average Bonchev–Trinajstić information content (AvgIpc) is 2.44. The summed E-state index contributed by atoms with van der Waals surface area (Å²) >= 11 is 0. The molecule has 0 fully saturated rings. The molecule has 1 N–H and O–H groups in total. The summed E-state index contributed by atoms with van der Waals surface area (Å²) in [6.07, 6.45) is 1.01. The molecular weight excluding hydrogens is 177 g/mol. The zero-order valence-corrected chi connectivity index (χ0v) is 8.47. The highest BCUT2D eigenvalue weighted by Crippen LogP contribution is 2.18. The van der Waals surface area contributed by atoms with Gasteiger partial charge >= 0.3 is 0 Å². The van der Waals surface area contributed by atoms with Crippen LogP contribution in [-0.4, -0.2) is 4.98 Å². The maximum absolute atomic E-state index is 12.9. The summed E-state index contributed by atoms with van der Waals surface area (Å²) in [4.78, 5) is 3.23. The predicted molar refractivity (Wildman–Crippen MR) is 56.8 cm³/mol. The van der Waals surface area contributed by atoms with Crippen LogP contribution >= 0.6 is 0 Å². The summed E-state index contributed by atoms with van der Waals surface area (Å²) in [6.45, 7) is 4.35. The molecule has 2 heteroatoms. The average molecular weight is 191 g/mol. The Balaban J connectivity index is 2.41. The second-order valence-electron chi connectivity index (χ2n) is 4.12. The highest BCUT2D eigenvalue weighted by molar-refractivity contribution is 5.80. The van der Waals surface area contributed by atoms with Gasteiger partial charge in [-0.25, -0.2) is 4.39 Å². The van der Waals surface area contributed by atoms with Gasteiger partial charge in [0.1, 0.15) is 5.82 Å². The molecule has 74 valence electrons. The molecule has 14 heavy (non-hydrogen) atoms. The van der Waals surface area contributed by atoms with E-state index in [2.05, 4.69) is 24.9 Å². The van der Waals surface area contributed by atoms with Crippen LogP contribution in [0.2, 0.25) is 0 Å². The smallest absolute Gasteiger partial charge is 0.125 e. The number of hydrogen-bond acceptors (Lipinski definition) is 0. The van der Waals surface area contributed by atoms with Gasteiger partial charge in [0.25, 0.3) is 0 Å². The highest BCUT2D eigenvalue weighted by atomic mass is 19.1. The maximum atomic E-state index is 12.9. The van der Waals surface area contributed by atoms with Crippen LogP contribution in [0.4, 0.5) is 4.39 Å². The quantitative estimate of drug-likeness (QED) is 0.747. The molecule has 0 saturated heterocycles. The van der Waals surface area contributed by atoms with Crippen LogP contribution in [0.5, 0.6) is 0 Å². The molecule has 0 aliphatic rings. The Bertz CT molecular complexity index is 443. The lowest BCUT2D eigenvalue weighted by Crippen LogP contribution is -1.93. The van der Waals surface area contributed by atoms with E-state index in [1.54, 1.807) is 6.07 Å². The Morgan fingerprint density at radius 1 is 1.29 bits per heavy atom. The molecule has 0 saturated carbocycles. The molecule has 1 aromatic heterocycles. The van der Waals surface area contributed by atoms with E-state index in [0.717, 1.165) is 17.3 Å². The summed E-state index contributed by atoms with van der Waals surface area (Å²) in [7, 11) is 0. The van der Waals surface area contributed by atoms with Crippen LogP contribution in [0.1, 0.15) is 19.5 Å². The number of nitrogens with one attached hydrogen (secondary N) is 1. The van der Waals surface area contributed by atoms with E-state index in [1.165, 1.54) is 11.8 Å². The van der Waals surface area contributed by atoms with Gasteiger partial charge in [0, 0.05) is 11.2 Å². The molecule has 1 nitrogen and oxygen atoms in total. The number of aromatic nitrogens is 1. The fourth-order valence-electron chi connectivity index (χ4n) is 1.71. The standard InChI is InChI=1S/C12H14FN/c1-8(2)5-11-6-9-3-4-10(13)7-12(9)14-11/h3-4,6-8,14H,5H2,1-2H3. The summed E-state index contributed by atoms with van der Waals surface area (Å²) in [6, 6.07) is 6.94. The Kier molecular flexibility index (Phi) is 2.28. The molecule has 2 aromatic rings. The lowest BCUT2D eigenvalue weighted by atomic mass is 10.1. The van der Waals surface area contributed by atoms with Gasteiger partial charge in [-0.2, -0.15) is 0 Å². The molecule has 2 rings (SSSR count). The summed E-state index contributed by atoms with van der Waals surface area (Å²) in [5.74, 6) is 0.434. The van der Waals surface area contributed by atoms with E-state index < -0.39 is 0 Å². The lowest BCUT2D eigenvalue weighted by molar-refractivity contribution is 0.629. The Hall–Kier alpha value is -1.31. The van der Waals surface area contributed by atoms with Crippen LogP contribution < -0.4 is 0 Å². The first kappa shape index (κ1) is 9.25. The van der Waals surface area contributed by atoms with Gasteiger partial charge in [0.05, 0.1) is 0 Å². The summed E-state index contributed by atoms with van der Waals surface area (Å²) in [5.41, 5.74) is 2.07. The molecule has 0 bridgehead atoms. The topological polar surface area (TPSA) is 15.8 Å². The SMILES string of the molecule is CC(C)Cc1cc2ccc(F)cc2[nH]1. The van der Waals surface area contributed by atoms with Gasteiger partial charge in [-0.05, 0) is 42.0 Å². The van der Waals surface area contributed by atoms with E-state index in [9.17, 15) is 4.39 Å². The van der Waals surface area contributed by atoms with E-state index in [4.69, 9.17) is 0 Å². The first-order chi connectivity index (χ1) is 6.65. The zero-order chi connectivity index (χ0) is 10.1. The van der Waals surface area contributed by atoms with Gasteiger partial charge in [-0.1, -0.05) is 13.8 Å². The van der Waals surface area contributed by atoms with Crippen molar-refractivity contribution in [2.45, 2.75) is 20.3 Å². The third-order valence-corrected chi connectivity index (χ3v) is 2.27. The van der Waals surface area contributed by atoms with Crippen molar-refractivity contribution < 1.29 is 4.39 Å². The van der Waals surface area contributed by atoms with Crippen molar-refractivity contribution in [1.82, 2.24) is 4.98 Å². The first-order valence-corrected chi connectivity index (χ1v) is 4.92. The van der Waals surface area contributed by atoms with Crippen molar-refractivity contribution >= 4 is 10.9 Å². The minimum absolute atomic E-state index is 0.185. The van der Waals surface area contributed by atoms with E-state index >= 15 is 0 Å². The fraction of sp³-hybridized carbons (Fsp3) is 0.333. The van der Waals surface area contributed by atoms with Crippen LogP contribution in [-0.2, 0) is 6.42 Å². The second-order valence-corrected chi connectivity index (χ2v) is 4.12. The van der Waals surface area contributed by atoms with Crippen LogP contribution in [0.3, 0.4) is 0 Å². The van der Waals surface area contributed by atoms with Gasteiger partial charge in [-0.15, -0.1) is 0 Å². The number of hydrogen-bond donors (Lipinski definition) is 1.